The number of alkyl carbamates (subject to hydrolysis) is 1. The molecule has 5 aromatic rings. The Balaban J connectivity index is 1.41. The molecule has 5 heteroatoms. The molecule has 0 bridgehead atoms. The van der Waals surface area contributed by atoms with E-state index >= 15 is 0 Å². The molecule has 0 saturated heterocycles. The minimum absolute atomic E-state index is 0.199. The number of hydrogen-bond donors (Lipinski definition) is 2. The molecule has 0 aliphatic rings. The molecule has 0 aliphatic heterocycles. The van der Waals surface area contributed by atoms with Crippen molar-refractivity contribution in [3.05, 3.63) is 167 Å². The van der Waals surface area contributed by atoms with Crippen molar-refractivity contribution in [3.8, 4) is 11.1 Å². The zero-order valence-electron chi connectivity index (χ0n) is 27.2. The predicted octanol–water partition coefficient (Wildman–Crippen LogP) is 9.37. The maximum Gasteiger partial charge on any atom is 0.407 e. The van der Waals surface area contributed by atoms with Gasteiger partial charge < -0.3 is 15.4 Å². The van der Waals surface area contributed by atoms with Crippen LogP contribution in [0.4, 0.5) is 4.79 Å². The number of nitrogens with one attached hydrogen (secondary N) is 2. The van der Waals surface area contributed by atoms with Crippen LogP contribution in [0.25, 0.3) is 11.1 Å². The lowest BCUT2D eigenvalue weighted by Crippen LogP contribution is -2.46. The van der Waals surface area contributed by atoms with Crippen molar-refractivity contribution in [2.24, 2.45) is 0 Å². The second-order valence-corrected chi connectivity index (χ2v) is 13.9. The Morgan fingerprint density at radius 1 is 0.696 bits per heavy atom. The summed E-state index contributed by atoms with van der Waals surface area (Å²) >= 11 is 1.83. The number of rotatable bonds is 12. The standard InChI is InChI=1S/C41H44N2O2S/c1-31-16-14-18-33(26-31)34-19-15-17-32(27-34)28-42-29-38(43-39(44)45-40(2,3)4)30-46-41(35-20-8-5-9-21-35,36-22-10-6-11-23-36)37-24-12-7-13-25-37/h5-27,38,42H,28-30H2,1-4H3,(H,43,44)/t38-/m1/s1. The molecule has 0 heterocycles. The van der Waals surface area contributed by atoms with Gasteiger partial charge in [0.1, 0.15) is 5.60 Å². The Kier molecular flexibility index (Phi) is 11.0. The van der Waals surface area contributed by atoms with Crippen LogP contribution in [0.2, 0.25) is 0 Å². The van der Waals surface area contributed by atoms with Gasteiger partial charge in [-0.3, -0.25) is 0 Å². The quantitative estimate of drug-likeness (QED) is 0.135. The van der Waals surface area contributed by atoms with Crippen LogP contribution in [0, 0.1) is 6.92 Å². The van der Waals surface area contributed by atoms with Crippen LogP contribution < -0.4 is 10.6 Å². The van der Waals surface area contributed by atoms with E-state index in [4.69, 9.17) is 4.74 Å². The van der Waals surface area contributed by atoms with E-state index in [1.165, 1.54) is 38.9 Å². The first-order chi connectivity index (χ1) is 22.2. The smallest absolute Gasteiger partial charge is 0.407 e. The van der Waals surface area contributed by atoms with Gasteiger partial charge in [-0.15, -0.1) is 11.8 Å². The van der Waals surface area contributed by atoms with Crippen LogP contribution in [0.3, 0.4) is 0 Å². The number of benzene rings is 5. The fraction of sp³-hybridized carbons (Fsp3) is 0.244. The maximum absolute atomic E-state index is 13.1. The number of carbonyl (C=O) groups is 1. The van der Waals surface area contributed by atoms with Crippen LogP contribution in [-0.4, -0.2) is 30.0 Å². The number of amides is 1. The molecular formula is C41H44N2O2S. The highest BCUT2D eigenvalue weighted by atomic mass is 32.2. The summed E-state index contributed by atoms with van der Waals surface area (Å²) in [5, 5.41) is 6.82. The monoisotopic (exact) mass is 628 g/mol. The lowest BCUT2D eigenvalue weighted by atomic mass is 9.84. The molecule has 0 aliphatic carbocycles. The largest absolute Gasteiger partial charge is 0.444 e. The first-order valence-electron chi connectivity index (χ1n) is 15.9. The van der Waals surface area contributed by atoms with Gasteiger partial charge in [-0.05, 0) is 67.1 Å². The predicted molar refractivity (Wildman–Crippen MR) is 193 cm³/mol. The van der Waals surface area contributed by atoms with E-state index in [0.717, 1.165) is 0 Å². The van der Waals surface area contributed by atoms with E-state index in [2.05, 4.69) is 157 Å². The summed E-state index contributed by atoms with van der Waals surface area (Å²) in [5.74, 6) is 0.647. The minimum Gasteiger partial charge on any atom is -0.444 e. The number of hydrogen-bond acceptors (Lipinski definition) is 4. The van der Waals surface area contributed by atoms with Crippen molar-refractivity contribution in [1.82, 2.24) is 10.6 Å². The van der Waals surface area contributed by atoms with Gasteiger partial charge >= 0.3 is 6.09 Å². The molecule has 5 aromatic carbocycles. The topological polar surface area (TPSA) is 50.4 Å². The summed E-state index contributed by atoms with van der Waals surface area (Å²) in [5.41, 5.74) is 7.81. The third-order valence-corrected chi connectivity index (χ3v) is 9.47. The van der Waals surface area contributed by atoms with Crippen LogP contribution in [0.5, 0.6) is 0 Å². The summed E-state index contributed by atoms with van der Waals surface area (Å²) in [6.07, 6.45) is -0.411. The van der Waals surface area contributed by atoms with E-state index < -0.39 is 16.4 Å². The highest BCUT2D eigenvalue weighted by molar-refractivity contribution is 8.00. The van der Waals surface area contributed by atoms with Gasteiger partial charge in [0.2, 0.25) is 0 Å². The normalized spacial score (nSPS) is 12.3. The first kappa shape index (κ1) is 33.1. The Bertz CT molecular complexity index is 1590. The number of carbonyl (C=O) groups excluding carboxylic acids is 1. The van der Waals surface area contributed by atoms with Crippen molar-refractivity contribution >= 4 is 17.9 Å². The molecule has 5 rings (SSSR count). The number of thioether (sulfide) groups is 1. The van der Waals surface area contributed by atoms with Gasteiger partial charge in [-0.1, -0.05) is 139 Å². The summed E-state index contributed by atoms with van der Waals surface area (Å²) in [6, 6.07) is 48.9. The second kappa shape index (κ2) is 15.3. The van der Waals surface area contributed by atoms with Gasteiger partial charge in [-0.2, -0.15) is 0 Å². The molecule has 0 spiro atoms. The molecule has 1 amide bonds. The van der Waals surface area contributed by atoms with Crippen molar-refractivity contribution in [3.63, 3.8) is 0 Å². The zero-order valence-corrected chi connectivity index (χ0v) is 28.0. The van der Waals surface area contributed by atoms with Crippen LogP contribution in [-0.2, 0) is 16.0 Å². The molecule has 0 unspecified atom stereocenters. The molecule has 4 nitrogen and oxygen atoms in total. The van der Waals surface area contributed by atoms with Crippen LogP contribution >= 0.6 is 11.8 Å². The molecule has 0 saturated carbocycles. The van der Waals surface area contributed by atoms with E-state index in [-0.39, 0.29) is 6.04 Å². The van der Waals surface area contributed by atoms with Gasteiger partial charge in [-0.25, -0.2) is 4.79 Å². The minimum atomic E-state index is -0.590. The SMILES string of the molecule is Cc1cccc(-c2cccc(CNC[C@H](CSC(c3ccccc3)(c3ccccc3)c3ccccc3)NC(=O)OC(C)(C)C)c2)c1. The molecule has 236 valence electrons. The Hall–Kier alpha value is -4.32. The molecule has 0 aromatic heterocycles. The van der Waals surface area contributed by atoms with Crippen LogP contribution in [0.15, 0.2) is 140 Å². The number of aryl methyl sites for hydroxylation is 1. The van der Waals surface area contributed by atoms with E-state index in [0.29, 0.717) is 18.8 Å². The van der Waals surface area contributed by atoms with E-state index in [9.17, 15) is 4.79 Å². The molecule has 46 heavy (non-hydrogen) atoms. The summed E-state index contributed by atoms with van der Waals surface area (Å²) < 4.78 is 5.22. The van der Waals surface area contributed by atoms with E-state index in [1.54, 1.807) is 0 Å². The summed E-state index contributed by atoms with van der Waals surface area (Å²) in [6.45, 7) is 9.04. The van der Waals surface area contributed by atoms with Crippen LogP contribution in [0.1, 0.15) is 48.6 Å². The maximum atomic E-state index is 13.1. The molecule has 2 N–H and O–H groups in total. The fourth-order valence-electron chi connectivity index (χ4n) is 5.70. The zero-order chi connectivity index (χ0) is 32.4. The second-order valence-electron chi connectivity index (χ2n) is 12.6. The Labute approximate surface area is 278 Å². The first-order valence-corrected chi connectivity index (χ1v) is 16.9. The molecular weight excluding hydrogens is 585 g/mol. The average Bonchev–Trinajstić information content (AvgIpc) is 3.06. The van der Waals surface area contributed by atoms with Gasteiger partial charge in [0.15, 0.2) is 0 Å². The Morgan fingerprint density at radius 2 is 1.22 bits per heavy atom. The van der Waals surface area contributed by atoms with Gasteiger partial charge in [0, 0.05) is 18.8 Å². The lowest BCUT2D eigenvalue weighted by Gasteiger charge is -2.37. The summed E-state index contributed by atoms with van der Waals surface area (Å²) in [4.78, 5) is 13.1. The van der Waals surface area contributed by atoms with Crippen molar-refractivity contribution in [2.75, 3.05) is 12.3 Å². The fourth-order valence-corrected chi connectivity index (χ4v) is 7.26. The molecule has 1 atom stereocenters. The summed E-state index contributed by atoms with van der Waals surface area (Å²) in [7, 11) is 0. The van der Waals surface area contributed by atoms with Crippen molar-refractivity contribution in [1.29, 1.82) is 0 Å². The molecule has 0 fully saturated rings. The molecule has 0 radical (unpaired) electrons. The highest BCUT2D eigenvalue weighted by Gasteiger charge is 2.37. The Morgan fingerprint density at radius 3 is 1.74 bits per heavy atom. The van der Waals surface area contributed by atoms with Crippen molar-refractivity contribution in [2.45, 2.75) is 50.6 Å². The van der Waals surface area contributed by atoms with E-state index in [1.807, 2.05) is 32.5 Å². The van der Waals surface area contributed by atoms with Gasteiger partial charge in [0.25, 0.3) is 0 Å². The third-order valence-electron chi connectivity index (χ3n) is 7.76. The average molecular weight is 629 g/mol. The lowest BCUT2D eigenvalue weighted by molar-refractivity contribution is 0.0509. The third kappa shape index (κ3) is 8.68. The van der Waals surface area contributed by atoms with Crippen molar-refractivity contribution < 1.29 is 9.53 Å². The number of ether oxygens (including phenoxy) is 1. The van der Waals surface area contributed by atoms with Gasteiger partial charge in [0.05, 0.1) is 10.8 Å². The highest BCUT2D eigenvalue weighted by Crippen LogP contribution is 2.48.